The van der Waals surface area contributed by atoms with Crippen molar-refractivity contribution in [2.75, 3.05) is 0 Å². The van der Waals surface area contributed by atoms with Crippen molar-refractivity contribution in [1.29, 1.82) is 0 Å². The lowest BCUT2D eigenvalue weighted by Gasteiger charge is -2.36. The number of carbonyl (C=O) groups is 3. The van der Waals surface area contributed by atoms with E-state index in [-0.39, 0.29) is 12.5 Å². The zero-order chi connectivity index (χ0) is 14.3. The van der Waals surface area contributed by atoms with Crippen LogP contribution in [0.1, 0.15) is 35.6 Å². The molecule has 1 saturated carbocycles. The summed E-state index contributed by atoms with van der Waals surface area (Å²) in [6.07, 6.45) is 4.45. The van der Waals surface area contributed by atoms with Crippen LogP contribution in [-0.2, 0) is 16.1 Å². The first-order valence-electron chi connectivity index (χ1n) is 6.62. The standard InChI is InChI=1S/C13H15N3O3S/c1-8-6-14-9(20-8)7-16-11(18)13(4-2-3-5-13)10(17)15-12(16)19/h6H,2-5,7H2,1H3,(H,15,17,19). The van der Waals surface area contributed by atoms with Crippen molar-refractivity contribution in [3.05, 3.63) is 16.1 Å². The molecule has 4 amide bonds. The average molecular weight is 293 g/mol. The summed E-state index contributed by atoms with van der Waals surface area (Å²) in [5, 5.41) is 3.03. The first-order valence-corrected chi connectivity index (χ1v) is 7.43. The molecule has 1 aromatic rings. The molecule has 1 saturated heterocycles. The van der Waals surface area contributed by atoms with E-state index < -0.39 is 17.4 Å². The Hall–Kier alpha value is -1.76. The van der Waals surface area contributed by atoms with Gasteiger partial charge in [-0.25, -0.2) is 9.78 Å². The normalized spacial score (nSPS) is 21.6. The highest BCUT2D eigenvalue weighted by molar-refractivity contribution is 7.11. The van der Waals surface area contributed by atoms with E-state index in [0.717, 1.165) is 22.6 Å². The van der Waals surface area contributed by atoms with Crippen LogP contribution in [0.4, 0.5) is 4.79 Å². The van der Waals surface area contributed by atoms with Gasteiger partial charge in [-0.2, -0.15) is 0 Å². The zero-order valence-corrected chi connectivity index (χ0v) is 12.0. The number of urea groups is 1. The second-order valence-corrected chi connectivity index (χ2v) is 6.62. The third-order valence-electron chi connectivity index (χ3n) is 3.97. The number of imide groups is 2. The second kappa shape index (κ2) is 4.66. The summed E-state index contributed by atoms with van der Waals surface area (Å²) >= 11 is 1.45. The molecule has 0 aromatic carbocycles. The summed E-state index contributed by atoms with van der Waals surface area (Å²) in [5.74, 6) is -0.798. The van der Waals surface area contributed by atoms with Crippen LogP contribution < -0.4 is 5.32 Å². The van der Waals surface area contributed by atoms with E-state index in [9.17, 15) is 14.4 Å². The van der Waals surface area contributed by atoms with Crippen LogP contribution >= 0.6 is 11.3 Å². The number of amides is 4. The fraction of sp³-hybridized carbons (Fsp3) is 0.538. The molecule has 1 aromatic heterocycles. The second-order valence-electron chi connectivity index (χ2n) is 5.30. The van der Waals surface area contributed by atoms with E-state index in [1.165, 1.54) is 11.3 Å². The predicted molar refractivity (Wildman–Crippen MR) is 71.8 cm³/mol. The zero-order valence-electron chi connectivity index (χ0n) is 11.1. The third kappa shape index (κ3) is 1.93. The maximum Gasteiger partial charge on any atom is 0.331 e. The number of nitrogens with one attached hydrogen (secondary N) is 1. The van der Waals surface area contributed by atoms with Crippen LogP contribution in [0.25, 0.3) is 0 Å². The number of nitrogens with zero attached hydrogens (tertiary/aromatic N) is 2. The van der Waals surface area contributed by atoms with E-state index in [2.05, 4.69) is 10.3 Å². The maximum absolute atomic E-state index is 12.6. The van der Waals surface area contributed by atoms with Crippen molar-refractivity contribution in [2.24, 2.45) is 5.41 Å². The fourth-order valence-corrected chi connectivity index (χ4v) is 3.68. The molecule has 1 aliphatic carbocycles. The molecule has 0 radical (unpaired) electrons. The van der Waals surface area contributed by atoms with Crippen LogP contribution in [0.5, 0.6) is 0 Å². The number of barbiturate groups is 1. The summed E-state index contributed by atoms with van der Waals surface area (Å²) in [6.45, 7) is 2.06. The van der Waals surface area contributed by atoms with Gasteiger partial charge in [-0.1, -0.05) is 12.8 Å². The Bertz CT molecular complexity index is 589. The number of aryl methyl sites for hydroxylation is 1. The predicted octanol–water partition coefficient (Wildman–Crippen LogP) is 1.59. The lowest BCUT2D eigenvalue weighted by molar-refractivity contribution is -0.151. The summed E-state index contributed by atoms with van der Waals surface area (Å²) in [5.41, 5.74) is -1.03. The quantitative estimate of drug-likeness (QED) is 0.840. The lowest BCUT2D eigenvalue weighted by atomic mass is 9.82. The van der Waals surface area contributed by atoms with Crippen molar-refractivity contribution >= 4 is 29.2 Å². The first kappa shape index (κ1) is 13.2. The third-order valence-corrected chi connectivity index (χ3v) is 4.87. The summed E-state index contributed by atoms with van der Waals surface area (Å²) in [6, 6.07) is -0.634. The summed E-state index contributed by atoms with van der Waals surface area (Å²) in [4.78, 5) is 42.9. The van der Waals surface area contributed by atoms with Crippen molar-refractivity contribution in [3.8, 4) is 0 Å². The van der Waals surface area contributed by atoms with Crippen LogP contribution in [0, 0.1) is 12.3 Å². The molecule has 20 heavy (non-hydrogen) atoms. The van der Waals surface area contributed by atoms with Crippen LogP contribution in [-0.4, -0.2) is 27.7 Å². The van der Waals surface area contributed by atoms with Crippen molar-refractivity contribution in [3.63, 3.8) is 0 Å². The minimum Gasteiger partial charge on any atom is -0.277 e. The van der Waals surface area contributed by atoms with Gasteiger partial charge in [0.05, 0.1) is 6.54 Å². The van der Waals surface area contributed by atoms with E-state index in [1.807, 2.05) is 6.92 Å². The summed E-state index contributed by atoms with van der Waals surface area (Å²) in [7, 11) is 0. The smallest absolute Gasteiger partial charge is 0.277 e. The highest BCUT2D eigenvalue weighted by atomic mass is 32.1. The van der Waals surface area contributed by atoms with Gasteiger partial charge in [0.1, 0.15) is 10.4 Å². The Morgan fingerprint density at radius 3 is 2.65 bits per heavy atom. The van der Waals surface area contributed by atoms with E-state index in [0.29, 0.717) is 17.8 Å². The maximum atomic E-state index is 12.6. The molecule has 0 atom stereocenters. The molecule has 1 spiro atoms. The van der Waals surface area contributed by atoms with Crippen molar-refractivity contribution in [2.45, 2.75) is 39.2 Å². The lowest BCUT2D eigenvalue weighted by Crippen LogP contribution is -2.62. The van der Waals surface area contributed by atoms with Gasteiger partial charge in [-0.3, -0.25) is 19.8 Å². The number of aromatic nitrogens is 1. The highest BCUT2D eigenvalue weighted by Gasteiger charge is 2.54. The molecule has 106 valence electrons. The fourth-order valence-electron chi connectivity index (χ4n) is 2.90. The van der Waals surface area contributed by atoms with Crippen LogP contribution in [0.3, 0.4) is 0 Å². The Kier molecular flexibility index (Phi) is 3.08. The minimum absolute atomic E-state index is 0.137. The number of rotatable bonds is 2. The summed E-state index contributed by atoms with van der Waals surface area (Å²) < 4.78 is 0. The number of hydrogen-bond donors (Lipinski definition) is 1. The number of carbonyl (C=O) groups excluding carboxylic acids is 3. The Morgan fingerprint density at radius 1 is 1.35 bits per heavy atom. The van der Waals surface area contributed by atoms with Crippen molar-refractivity contribution in [1.82, 2.24) is 15.2 Å². The molecule has 1 N–H and O–H groups in total. The molecular formula is C13H15N3O3S. The van der Waals surface area contributed by atoms with Gasteiger partial charge in [0.15, 0.2) is 0 Å². The molecule has 2 heterocycles. The molecule has 3 rings (SSSR count). The topological polar surface area (TPSA) is 79.4 Å². The molecule has 7 heteroatoms. The van der Waals surface area contributed by atoms with Gasteiger partial charge < -0.3 is 0 Å². The molecule has 2 aliphatic rings. The van der Waals surface area contributed by atoms with Crippen LogP contribution in [0.15, 0.2) is 6.20 Å². The Balaban J connectivity index is 1.88. The van der Waals surface area contributed by atoms with E-state index >= 15 is 0 Å². The highest BCUT2D eigenvalue weighted by Crippen LogP contribution is 2.42. The van der Waals surface area contributed by atoms with Crippen LogP contribution in [0.2, 0.25) is 0 Å². The van der Waals surface area contributed by atoms with Crippen molar-refractivity contribution < 1.29 is 14.4 Å². The first-order chi connectivity index (χ1) is 9.53. The minimum atomic E-state index is -1.03. The monoisotopic (exact) mass is 293 g/mol. The molecule has 1 aliphatic heterocycles. The molecule has 0 unspecified atom stereocenters. The number of thiazole rings is 1. The van der Waals surface area contributed by atoms with Gasteiger partial charge in [0.2, 0.25) is 11.8 Å². The SMILES string of the molecule is Cc1cnc(CN2C(=O)NC(=O)C3(CCCC3)C2=O)s1. The van der Waals surface area contributed by atoms with Gasteiger partial charge in [0, 0.05) is 11.1 Å². The largest absolute Gasteiger partial charge is 0.331 e. The Labute approximate surface area is 120 Å². The molecule has 0 bridgehead atoms. The molecule has 6 nitrogen and oxygen atoms in total. The average Bonchev–Trinajstić information content (AvgIpc) is 3.03. The van der Waals surface area contributed by atoms with E-state index in [4.69, 9.17) is 0 Å². The number of hydrogen-bond acceptors (Lipinski definition) is 5. The molecular weight excluding hydrogens is 278 g/mol. The van der Waals surface area contributed by atoms with Gasteiger partial charge in [0.25, 0.3) is 0 Å². The Morgan fingerprint density at radius 2 is 2.05 bits per heavy atom. The van der Waals surface area contributed by atoms with E-state index in [1.54, 1.807) is 6.20 Å². The molecule has 2 fully saturated rings. The van der Waals surface area contributed by atoms with Gasteiger partial charge in [-0.05, 0) is 19.8 Å². The van der Waals surface area contributed by atoms with Gasteiger partial charge in [-0.15, -0.1) is 11.3 Å². The van der Waals surface area contributed by atoms with Gasteiger partial charge >= 0.3 is 6.03 Å².